The summed E-state index contributed by atoms with van der Waals surface area (Å²) in [5, 5.41) is 23.5. The molecule has 0 radical (unpaired) electrons. The van der Waals surface area contributed by atoms with Crippen LogP contribution in [0.25, 0.3) is 0 Å². The van der Waals surface area contributed by atoms with Crippen molar-refractivity contribution in [2.75, 3.05) is 18.5 Å². The molecule has 1 fully saturated rings. The molecule has 28 heavy (non-hydrogen) atoms. The van der Waals surface area contributed by atoms with E-state index in [-0.39, 0.29) is 6.42 Å². The second-order valence-corrected chi connectivity index (χ2v) is 7.91. The molecule has 4 rings (SSSR count). The Morgan fingerprint density at radius 1 is 1.21 bits per heavy atom. The third-order valence-electron chi connectivity index (χ3n) is 5.53. The number of benzene rings is 2. The fraction of sp³-hybridized carbons (Fsp3) is 0.409. The molecular formula is C22H24ClNO4. The quantitative estimate of drug-likeness (QED) is 0.733. The van der Waals surface area contributed by atoms with Crippen molar-refractivity contribution >= 4 is 23.1 Å². The number of aliphatic hydroxyl groups is 2. The van der Waals surface area contributed by atoms with E-state index in [9.17, 15) is 15.0 Å². The number of ether oxygens (including phenoxy) is 1. The monoisotopic (exact) mass is 401 g/mol. The van der Waals surface area contributed by atoms with Gasteiger partial charge in [0, 0.05) is 23.7 Å². The number of anilines is 1. The predicted octanol–water partition coefficient (Wildman–Crippen LogP) is 3.04. The second kappa shape index (κ2) is 8.21. The molecule has 0 aliphatic carbocycles. The van der Waals surface area contributed by atoms with Gasteiger partial charge in [0.05, 0.1) is 12.7 Å². The lowest BCUT2D eigenvalue weighted by Crippen LogP contribution is -2.43. The van der Waals surface area contributed by atoms with E-state index in [0.717, 1.165) is 30.5 Å². The first-order chi connectivity index (χ1) is 13.5. The Morgan fingerprint density at radius 3 is 2.89 bits per heavy atom. The minimum absolute atomic E-state index is 0.180. The van der Waals surface area contributed by atoms with Crippen LogP contribution in [0.1, 0.15) is 41.2 Å². The first-order valence-electron chi connectivity index (χ1n) is 9.67. The van der Waals surface area contributed by atoms with Gasteiger partial charge in [-0.3, -0.25) is 4.79 Å². The van der Waals surface area contributed by atoms with Crippen molar-refractivity contribution in [3.63, 3.8) is 0 Å². The molecule has 2 aromatic carbocycles. The third kappa shape index (κ3) is 3.94. The topological polar surface area (TPSA) is 78.8 Å². The number of Topliss-reactive ketones (excluding diaryl/α,β-unsaturated/α-hetero) is 1. The normalized spacial score (nSPS) is 24.5. The summed E-state index contributed by atoms with van der Waals surface area (Å²) >= 11 is 6.44. The van der Waals surface area contributed by atoms with Crippen molar-refractivity contribution in [2.45, 2.75) is 44.0 Å². The Kier molecular flexibility index (Phi) is 5.69. The molecular weight excluding hydrogens is 378 g/mol. The van der Waals surface area contributed by atoms with E-state index in [1.165, 1.54) is 16.8 Å². The van der Waals surface area contributed by atoms with E-state index in [1.807, 2.05) is 18.2 Å². The highest BCUT2D eigenvalue weighted by Crippen LogP contribution is 2.33. The van der Waals surface area contributed by atoms with Crippen LogP contribution in [-0.4, -0.2) is 41.4 Å². The summed E-state index contributed by atoms with van der Waals surface area (Å²) in [6.07, 6.45) is 0.557. The first kappa shape index (κ1) is 19.4. The molecule has 0 amide bonds. The van der Waals surface area contributed by atoms with Crippen LogP contribution in [0.15, 0.2) is 36.4 Å². The number of hydrogen-bond donors (Lipinski definition) is 3. The molecule has 3 atom stereocenters. The molecule has 0 aromatic heterocycles. The van der Waals surface area contributed by atoms with Crippen LogP contribution in [-0.2, 0) is 22.4 Å². The van der Waals surface area contributed by atoms with Crippen molar-refractivity contribution in [3.8, 4) is 0 Å². The van der Waals surface area contributed by atoms with Gasteiger partial charge in [0.15, 0.2) is 5.78 Å². The zero-order chi connectivity index (χ0) is 19.7. The smallest absolute Gasteiger partial charge is 0.192 e. The number of halogens is 1. The standard InChI is InChI=1S/C22H24ClNO4/c23-17-6-5-15(20-11-19(26)22(27)21(12-25)28-20)10-16(17)8-13-3-4-14-2-1-7-24-18(14)9-13/h3-6,9-10,19-21,24-26H,1-2,7-8,11-12H2/t19-,20-,21-/m1/s1. The van der Waals surface area contributed by atoms with E-state index in [1.54, 1.807) is 0 Å². The average molecular weight is 402 g/mol. The molecule has 0 spiro atoms. The Balaban J connectivity index is 1.57. The fourth-order valence-corrected chi connectivity index (χ4v) is 4.15. The van der Waals surface area contributed by atoms with Crippen molar-refractivity contribution in [1.82, 2.24) is 0 Å². The highest BCUT2D eigenvalue weighted by molar-refractivity contribution is 6.31. The lowest BCUT2D eigenvalue weighted by atomic mass is 9.93. The summed E-state index contributed by atoms with van der Waals surface area (Å²) in [7, 11) is 0. The number of hydrogen-bond acceptors (Lipinski definition) is 5. The van der Waals surface area contributed by atoms with Crippen LogP contribution in [0.3, 0.4) is 0 Å². The highest BCUT2D eigenvalue weighted by Gasteiger charge is 2.36. The Morgan fingerprint density at radius 2 is 2.07 bits per heavy atom. The van der Waals surface area contributed by atoms with E-state index in [2.05, 4.69) is 23.5 Å². The molecule has 5 nitrogen and oxygen atoms in total. The van der Waals surface area contributed by atoms with Gasteiger partial charge in [-0.1, -0.05) is 35.9 Å². The zero-order valence-electron chi connectivity index (χ0n) is 15.5. The minimum atomic E-state index is -1.12. The van der Waals surface area contributed by atoms with E-state index < -0.39 is 30.7 Å². The SMILES string of the molecule is O=C1[C@H](O)C[C@H](c2ccc(Cl)c(Cc3ccc4c(c3)NCCC4)c2)O[C@@H]1CO. The molecule has 1 saturated heterocycles. The van der Waals surface area contributed by atoms with Gasteiger partial charge in [-0.2, -0.15) is 0 Å². The van der Waals surface area contributed by atoms with Gasteiger partial charge in [0.2, 0.25) is 0 Å². The first-order valence-corrected chi connectivity index (χ1v) is 10.0. The lowest BCUT2D eigenvalue weighted by molar-refractivity contribution is -0.161. The van der Waals surface area contributed by atoms with Gasteiger partial charge < -0.3 is 20.3 Å². The zero-order valence-corrected chi connectivity index (χ0v) is 16.3. The largest absolute Gasteiger partial charge is 0.393 e. The van der Waals surface area contributed by atoms with Crippen LogP contribution in [0.5, 0.6) is 0 Å². The van der Waals surface area contributed by atoms with Crippen LogP contribution in [0, 0.1) is 0 Å². The molecule has 6 heteroatoms. The molecule has 148 valence electrons. The maximum absolute atomic E-state index is 11.9. The maximum Gasteiger partial charge on any atom is 0.192 e. The van der Waals surface area contributed by atoms with Gasteiger partial charge >= 0.3 is 0 Å². The second-order valence-electron chi connectivity index (χ2n) is 7.50. The van der Waals surface area contributed by atoms with Crippen molar-refractivity contribution < 1.29 is 19.7 Å². The number of ketones is 1. The number of fused-ring (bicyclic) bond motifs is 1. The van der Waals surface area contributed by atoms with Crippen LogP contribution >= 0.6 is 11.6 Å². The number of rotatable bonds is 4. The maximum atomic E-state index is 11.9. The molecule has 2 aliphatic rings. The van der Waals surface area contributed by atoms with Crippen molar-refractivity contribution in [3.05, 3.63) is 63.7 Å². The Bertz CT molecular complexity index is 885. The minimum Gasteiger partial charge on any atom is -0.393 e. The van der Waals surface area contributed by atoms with Gasteiger partial charge in [0.25, 0.3) is 0 Å². The average Bonchev–Trinajstić information content (AvgIpc) is 2.71. The van der Waals surface area contributed by atoms with Gasteiger partial charge in [-0.05, 0) is 53.6 Å². The van der Waals surface area contributed by atoms with Crippen LogP contribution < -0.4 is 5.32 Å². The van der Waals surface area contributed by atoms with Crippen LogP contribution in [0.2, 0.25) is 5.02 Å². The summed E-state index contributed by atoms with van der Waals surface area (Å²) in [4.78, 5) is 11.9. The molecule has 0 bridgehead atoms. The Hall–Kier alpha value is -1.92. The number of nitrogens with one attached hydrogen (secondary N) is 1. The number of carbonyl (C=O) groups is 1. The number of carbonyl (C=O) groups excluding carboxylic acids is 1. The Labute approximate surface area is 169 Å². The molecule has 2 heterocycles. The number of aliphatic hydroxyl groups excluding tert-OH is 2. The summed E-state index contributed by atoms with van der Waals surface area (Å²) in [5.74, 6) is -0.463. The van der Waals surface area contributed by atoms with Crippen molar-refractivity contribution in [1.29, 1.82) is 0 Å². The third-order valence-corrected chi connectivity index (χ3v) is 5.89. The van der Waals surface area contributed by atoms with Crippen molar-refractivity contribution in [2.24, 2.45) is 0 Å². The van der Waals surface area contributed by atoms with E-state index in [0.29, 0.717) is 11.4 Å². The predicted molar refractivity (Wildman–Crippen MR) is 108 cm³/mol. The fourth-order valence-electron chi connectivity index (χ4n) is 3.97. The highest BCUT2D eigenvalue weighted by atomic mass is 35.5. The van der Waals surface area contributed by atoms with Crippen LogP contribution in [0.4, 0.5) is 5.69 Å². The summed E-state index contributed by atoms with van der Waals surface area (Å²) < 4.78 is 5.71. The molecule has 2 aliphatic heterocycles. The molecule has 0 unspecified atom stereocenters. The lowest BCUT2D eigenvalue weighted by Gasteiger charge is -2.31. The molecule has 3 N–H and O–H groups in total. The summed E-state index contributed by atoms with van der Waals surface area (Å²) in [5.41, 5.74) is 5.52. The van der Waals surface area contributed by atoms with Gasteiger partial charge in [-0.15, -0.1) is 0 Å². The molecule has 2 aromatic rings. The van der Waals surface area contributed by atoms with E-state index in [4.69, 9.17) is 16.3 Å². The van der Waals surface area contributed by atoms with Gasteiger partial charge in [0.1, 0.15) is 12.2 Å². The summed E-state index contributed by atoms with van der Waals surface area (Å²) in [6.45, 7) is 0.563. The molecule has 0 saturated carbocycles. The summed E-state index contributed by atoms with van der Waals surface area (Å²) in [6, 6.07) is 12.1. The van der Waals surface area contributed by atoms with E-state index >= 15 is 0 Å². The number of aryl methyl sites for hydroxylation is 1. The van der Waals surface area contributed by atoms with Gasteiger partial charge in [-0.25, -0.2) is 0 Å².